The third kappa shape index (κ3) is 4.53. The van der Waals surface area contributed by atoms with Crippen LogP contribution in [0.2, 0.25) is 0 Å². The van der Waals surface area contributed by atoms with Gasteiger partial charge >= 0.3 is 5.97 Å². The predicted octanol–water partition coefficient (Wildman–Crippen LogP) is 2.25. The molecule has 1 saturated heterocycles. The van der Waals surface area contributed by atoms with E-state index in [0.717, 1.165) is 19.3 Å². The molecule has 2 saturated carbocycles. The van der Waals surface area contributed by atoms with E-state index in [1.807, 2.05) is 0 Å². The van der Waals surface area contributed by atoms with Crippen LogP contribution in [0.1, 0.15) is 65.4 Å². The average molecular weight is 503 g/mol. The SMILES string of the molecule is C[C@H](NC(=O)[C@@H](O)Cc1ccc(O)c(O)c1)C(=O)N1CCC[C@H]1C(=O)OC1CC2CCC1(C)C2(C)C. The number of fused-ring (bicyclic) bond motifs is 2. The maximum atomic E-state index is 13.2. The zero-order chi connectivity index (χ0) is 26.4. The van der Waals surface area contributed by atoms with Gasteiger partial charge in [-0.25, -0.2) is 4.79 Å². The standard InChI is InChI=1S/C27H38N2O7/c1-15(28-23(33)21(32)13-16-7-8-19(30)20(31)12-16)24(34)29-11-5-6-18(29)25(35)36-22-14-17-9-10-27(22,4)26(17,2)3/h7-8,12,15,17-18,21-22,30-32H,5-6,9-11,13-14H2,1-4H3,(H,28,33)/t15-,17?,18-,21-,22?,27?/m0/s1. The third-order valence-electron chi connectivity index (χ3n) is 9.28. The number of rotatable bonds is 7. The van der Waals surface area contributed by atoms with E-state index in [4.69, 9.17) is 4.74 Å². The van der Waals surface area contributed by atoms with E-state index in [0.29, 0.717) is 30.9 Å². The number of amides is 2. The van der Waals surface area contributed by atoms with Crippen LogP contribution in [0.3, 0.4) is 0 Å². The highest BCUT2D eigenvalue weighted by atomic mass is 16.5. The lowest BCUT2D eigenvalue weighted by Crippen LogP contribution is -2.53. The number of aliphatic hydroxyl groups excluding tert-OH is 1. The van der Waals surface area contributed by atoms with Crippen molar-refractivity contribution in [1.29, 1.82) is 0 Å². The Balaban J connectivity index is 1.33. The van der Waals surface area contributed by atoms with Gasteiger partial charge in [-0.15, -0.1) is 0 Å². The molecule has 4 rings (SSSR count). The van der Waals surface area contributed by atoms with Crippen molar-refractivity contribution in [3.05, 3.63) is 23.8 Å². The van der Waals surface area contributed by atoms with Crippen molar-refractivity contribution in [3.8, 4) is 11.5 Å². The number of carbonyl (C=O) groups excluding carboxylic acids is 3. The van der Waals surface area contributed by atoms with Gasteiger partial charge in [0, 0.05) is 18.4 Å². The number of aliphatic hydroxyl groups is 1. The van der Waals surface area contributed by atoms with Crippen LogP contribution >= 0.6 is 0 Å². The molecule has 36 heavy (non-hydrogen) atoms. The molecule has 1 heterocycles. The molecule has 3 aliphatic rings. The van der Waals surface area contributed by atoms with Crippen LogP contribution in [0.15, 0.2) is 18.2 Å². The molecule has 6 atom stereocenters. The van der Waals surface area contributed by atoms with E-state index in [2.05, 4.69) is 26.1 Å². The fourth-order valence-electron chi connectivity index (χ4n) is 6.43. The molecule has 4 N–H and O–H groups in total. The quantitative estimate of drug-likeness (QED) is 0.332. The number of nitrogens with one attached hydrogen (secondary N) is 1. The van der Waals surface area contributed by atoms with E-state index >= 15 is 0 Å². The highest BCUT2D eigenvalue weighted by Crippen LogP contribution is 2.66. The zero-order valence-electron chi connectivity index (χ0n) is 21.5. The number of phenolic OH excluding ortho intramolecular Hbond substituents is 2. The summed E-state index contributed by atoms with van der Waals surface area (Å²) >= 11 is 0. The number of hydrogen-bond acceptors (Lipinski definition) is 7. The second-order valence-electron chi connectivity index (χ2n) is 11.5. The summed E-state index contributed by atoms with van der Waals surface area (Å²) in [5.74, 6) is -1.61. The number of hydrogen-bond donors (Lipinski definition) is 4. The Kier molecular flexibility index (Phi) is 6.98. The summed E-state index contributed by atoms with van der Waals surface area (Å²) in [5.41, 5.74) is 0.500. The van der Waals surface area contributed by atoms with Crippen LogP contribution in [-0.2, 0) is 25.5 Å². The molecule has 0 spiro atoms. The van der Waals surface area contributed by atoms with Crippen LogP contribution in [-0.4, -0.2) is 68.8 Å². The number of aromatic hydroxyl groups is 2. The van der Waals surface area contributed by atoms with Gasteiger partial charge < -0.3 is 30.3 Å². The van der Waals surface area contributed by atoms with Crippen LogP contribution < -0.4 is 5.32 Å². The summed E-state index contributed by atoms with van der Waals surface area (Å²) in [5, 5.41) is 31.8. The highest BCUT2D eigenvalue weighted by molar-refractivity contribution is 5.92. The molecule has 0 aromatic heterocycles. The average Bonchev–Trinajstić information content (AvgIpc) is 3.44. The largest absolute Gasteiger partial charge is 0.504 e. The lowest BCUT2D eigenvalue weighted by molar-refractivity contribution is -0.165. The van der Waals surface area contributed by atoms with Gasteiger partial charge in [0.25, 0.3) is 0 Å². The van der Waals surface area contributed by atoms with E-state index in [1.54, 1.807) is 0 Å². The molecule has 2 aliphatic carbocycles. The number of esters is 1. The van der Waals surface area contributed by atoms with Crippen LogP contribution in [0, 0.1) is 16.7 Å². The first-order valence-corrected chi connectivity index (χ1v) is 12.9. The highest BCUT2D eigenvalue weighted by Gasteiger charge is 2.63. The Morgan fingerprint density at radius 3 is 2.50 bits per heavy atom. The van der Waals surface area contributed by atoms with Crippen molar-refractivity contribution < 1.29 is 34.4 Å². The third-order valence-corrected chi connectivity index (χ3v) is 9.28. The van der Waals surface area contributed by atoms with Crippen molar-refractivity contribution in [2.24, 2.45) is 16.7 Å². The van der Waals surface area contributed by atoms with Gasteiger partial charge in [-0.2, -0.15) is 0 Å². The molecule has 3 unspecified atom stereocenters. The Labute approximate surface area is 211 Å². The second kappa shape index (κ2) is 9.57. The molecule has 198 valence electrons. The van der Waals surface area contributed by atoms with Crippen LogP contribution in [0.25, 0.3) is 0 Å². The Hall–Kier alpha value is -2.81. The molecule has 9 heteroatoms. The van der Waals surface area contributed by atoms with Crippen molar-refractivity contribution in [3.63, 3.8) is 0 Å². The fourth-order valence-corrected chi connectivity index (χ4v) is 6.43. The molecule has 3 fully saturated rings. The lowest BCUT2D eigenvalue weighted by Gasteiger charge is -2.39. The van der Waals surface area contributed by atoms with E-state index < -0.39 is 30.0 Å². The number of phenols is 2. The molecule has 0 radical (unpaired) electrons. The van der Waals surface area contributed by atoms with Gasteiger partial charge in [0.05, 0.1) is 0 Å². The maximum Gasteiger partial charge on any atom is 0.329 e. The summed E-state index contributed by atoms with van der Waals surface area (Å²) in [4.78, 5) is 40.3. The maximum absolute atomic E-state index is 13.2. The molecule has 9 nitrogen and oxygen atoms in total. The zero-order valence-corrected chi connectivity index (χ0v) is 21.5. The number of nitrogens with zero attached hydrogens (tertiary/aromatic N) is 1. The Bertz CT molecular complexity index is 1040. The fraction of sp³-hybridized carbons (Fsp3) is 0.667. The number of ether oxygens (including phenoxy) is 1. The van der Waals surface area contributed by atoms with Crippen molar-refractivity contribution in [1.82, 2.24) is 10.2 Å². The lowest BCUT2D eigenvalue weighted by atomic mass is 9.70. The first kappa shape index (κ1) is 26.3. The minimum Gasteiger partial charge on any atom is -0.504 e. The summed E-state index contributed by atoms with van der Waals surface area (Å²) < 4.78 is 6.03. The van der Waals surface area contributed by atoms with Gasteiger partial charge in [0.15, 0.2) is 11.5 Å². The summed E-state index contributed by atoms with van der Waals surface area (Å²) in [6.45, 7) is 8.65. The normalized spacial score (nSPS) is 30.1. The number of likely N-dealkylation sites (tertiary alicyclic amines) is 1. The molecular formula is C27H38N2O7. The van der Waals surface area contributed by atoms with Crippen LogP contribution in [0.4, 0.5) is 0 Å². The topological polar surface area (TPSA) is 136 Å². The smallest absolute Gasteiger partial charge is 0.329 e. The van der Waals surface area contributed by atoms with E-state index in [1.165, 1.54) is 30.0 Å². The summed E-state index contributed by atoms with van der Waals surface area (Å²) in [6.07, 6.45) is 2.54. The van der Waals surface area contributed by atoms with E-state index in [-0.39, 0.29) is 40.8 Å². The monoisotopic (exact) mass is 502 g/mol. The second-order valence-corrected chi connectivity index (χ2v) is 11.5. The summed E-state index contributed by atoms with van der Waals surface area (Å²) in [7, 11) is 0. The van der Waals surface area contributed by atoms with Crippen molar-refractivity contribution >= 4 is 17.8 Å². The van der Waals surface area contributed by atoms with Gasteiger partial charge in [0.1, 0.15) is 24.3 Å². The van der Waals surface area contributed by atoms with Crippen LogP contribution in [0.5, 0.6) is 11.5 Å². The molecular weight excluding hydrogens is 464 g/mol. The molecule has 1 aromatic rings. The van der Waals surface area contributed by atoms with Gasteiger partial charge in [-0.05, 0) is 68.1 Å². The minimum absolute atomic E-state index is 0.0630. The number of benzene rings is 1. The molecule has 2 bridgehead atoms. The Morgan fingerprint density at radius 1 is 1.17 bits per heavy atom. The van der Waals surface area contributed by atoms with Crippen molar-refractivity contribution in [2.75, 3.05) is 6.54 Å². The minimum atomic E-state index is -1.45. The van der Waals surface area contributed by atoms with E-state index in [9.17, 15) is 29.7 Å². The van der Waals surface area contributed by atoms with Gasteiger partial charge in [-0.1, -0.05) is 26.8 Å². The van der Waals surface area contributed by atoms with Gasteiger partial charge in [0.2, 0.25) is 11.8 Å². The first-order chi connectivity index (χ1) is 16.8. The summed E-state index contributed by atoms with van der Waals surface area (Å²) in [6, 6.07) is 2.41. The predicted molar refractivity (Wildman–Crippen MR) is 131 cm³/mol. The Morgan fingerprint density at radius 2 is 1.89 bits per heavy atom. The molecule has 1 aromatic carbocycles. The van der Waals surface area contributed by atoms with Crippen molar-refractivity contribution in [2.45, 2.75) is 90.5 Å². The molecule has 2 amide bonds. The van der Waals surface area contributed by atoms with Gasteiger partial charge in [-0.3, -0.25) is 9.59 Å². The first-order valence-electron chi connectivity index (χ1n) is 12.9. The number of carbonyl (C=O) groups is 3. The molecule has 1 aliphatic heterocycles.